The number of nitrogens with zero attached hydrogens (tertiary/aromatic N) is 1. The maximum Gasteiger partial charge on any atom is 0.340 e. The van der Waals surface area contributed by atoms with Crippen molar-refractivity contribution in [3.05, 3.63) is 11.8 Å². The van der Waals surface area contributed by atoms with Crippen LogP contribution in [0.1, 0.15) is 37.0 Å². The molecule has 0 fully saturated rings. The van der Waals surface area contributed by atoms with Gasteiger partial charge in [0.2, 0.25) is 0 Å². The third kappa shape index (κ3) is 4.91. The van der Waals surface area contributed by atoms with Crippen LogP contribution in [-0.2, 0) is 14.8 Å². The molecule has 1 aromatic rings. The normalized spacial score (nSPS) is 11.9. The molecule has 1 heterocycles. The molecule has 0 spiro atoms. The van der Waals surface area contributed by atoms with Crippen molar-refractivity contribution < 1.29 is 23.1 Å². The summed E-state index contributed by atoms with van der Waals surface area (Å²) in [4.78, 5) is 10.8. The molecule has 8 nitrogen and oxygen atoms in total. The number of carboxylic acid groups (broad SMARTS) is 1. The highest BCUT2D eigenvalue weighted by atomic mass is 32.2. The van der Waals surface area contributed by atoms with Crippen molar-refractivity contribution in [2.75, 3.05) is 13.2 Å². The number of carboxylic acids is 1. The summed E-state index contributed by atoms with van der Waals surface area (Å²) in [6.45, 7) is 4.62. The average Bonchev–Trinajstić information content (AvgIpc) is 2.83. The van der Waals surface area contributed by atoms with Crippen molar-refractivity contribution in [3.63, 3.8) is 0 Å². The standard InChI is InChI=1S/C11H19N3O5S/c1-8(2)19-6-4-3-5-13-20(17,18)10-9(11(15)16)7-12-14-10/h7-8,13H,3-6H2,1-2H3,(H,12,14)(H,15,16). The van der Waals surface area contributed by atoms with Crippen LogP contribution in [0.25, 0.3) is 0 Å². The van der Waals surface area contributed by atoms with Crippen LogP contribution in [0.2, 0.25) is 0 Å². The van der Waals surface area contributed by atoms with E-state index in [1.807, 2.05) is 13.8 Å². The minimum Gasteiger partial charge on any atom is -0.478 e. The molecule has 0 bridgehead atoms. The van der Waals surface area contributed by atoms with Gasteiger partial charge < -0.3 is 9.84 Å². The lowest BCUT2D eigenvalue weighted by Crippen LogP contribution is -2.27. The highest BCUT2D eigenvalue weighted by molar-refractivity contribution is 7.89. The molecule has 0 aliphatic carbocycles. The van der Waals surface area contributed by atoms with E-state index in [0.717, 1.165) is 12.6 Å². The van der Waals surface area contributed by atoms with Gasteiger partial charge in [0.05, 0.1) is 12.3 Å². The molecule has 0 saturated heterocycles. The molecule has 3 N–H and O–H groups in total. The van der Waals surface area contributed by atoms with Crippen LogP contribution in [0.4, 0.5) is 0 Å². The van der Waals surface area contributed by atoms with E-state index in [1.165, 1.54) is 0 Å². The number of carbonyl (C=O) groups is 1. The van der Waals surface area contributed by atoms with Crippen LogP contribution in [0, 0.1) is 0 Å². The summed E-state index contributed by atoms with van der Waals surface area (Å²) in [5.74, 6) is -1.34. The van der Waals surface area contributed by atoms with Crippen molar-refractivity contribution in [2.45, 2.75) is 37.8 Å². The van der Waals surface area contributed by atoms with Gasteiger partial charge in [-0.2, -0.15) is 5.10 Å². The fourth-order valence-corrected chi connectivity index (χ4v) is 2.62. The minimum absolute atomic E-state index is 0.148. The average molecular weight is 305 g/mol. The van der Waals surface area contributed by atoms with Gasteiger partial charge in [0.25, 0.3) is 10.0 Å². The van der Waals surface area contributed by atoms with E-state index in [0.29, 0.717) is 13.0 Å². The Morgan fingerprint density at radius 2 is 2.20 bits per heavy atom. The quantitative estimate of drug-likeness (QED) is 0.574. The van der Waals surface area contributed by atoms with Crippen LogP contribution in [0.3, 0.4) is 0 Å². The number of aromatic nitrogens is 2. The highest BCUT2D eigenvalue weighted by Crippen LogP contribution is 2.11. The Morgan fingerprint density at radius 1 is 1.50 bits per heavy atom. The Morgan fingerprint density at radius 3 is 2.80 bits per heavy atom. The Kier molecular flexibility index (Phi) is 6.11. The maximum absolute atomic E-state index is 11.9. The lowest BCUT2D eigenvalue weighted by molar-refractivity contribution is 0.0692. The zero-order valence-electron chi connectivity index (χ0n) is 11.4. The molecule has 0 aliphatic heterocycles. The van der Waals surface area contributed by atoms with Crippen LogP contribution in [-0.4, -0.2) is 48.9 Å². The predicted molar refractivity (Wildman–Crippen MR) is 71.1 cm³/mol. The highest BCUT2D eigenvalue weighted by Gasteiger charge is 2.24. The molecule has 1 aromatic heterocycles. The SMILES string of the molecule is CC(C)OCCCCNS(=O)(=O)c1[nH]ncc1C(=O)O. The Hall–Kier alpha value is -1.45. The van der Waals surface area contributed by atoms with E-state index in [4.69, 9.17) is 9.84 Å². The number of hydrogen-bond donors (Lipinski definition) is 3. The van der Waals surface area contributed by atoms with Crippen LogP contribution < -0.4 is 4.72 Å². The smallest absolute Gasteiger partial charge is 0.340 e. The molecule has 0 amide bonds. The van der Waals surface area contributed by atoms with Crippen LogP contribution >= 0.6 is 0 Å². The molecule has 1 rings (SSSR count). The lowest BCUT2D eigenvalue weighted by atomic mass is 10.3. The van der Waals surface area contributed by atoms with Crippen molar-refractivity contribution in [3.8, 4) is 0 Å². The number of aromatic carboxylic acids is 1. The number of sulfonamides is 1. The second-order valence-corrected chi connectivity index (χ2v) is 6.15. The summed E-state index contributed by atoms with van der Waals surface area (Å²) >= 11 is 0. The van der Waals surface area contributed by atoms with Crippen molar-refractivity contribution in [2.24, 2.45) is 0 Å². The van der Waals surface area contributed by atoms with Gasteiger partial charge in [-0.05, 0) is 26.7 Å². The van der Waals surface area contributed by atoms with Gasteiger partial charge in [0.15, 0.2) is 5.03 Å². The Balaban J connectivity index is 2.46. The van der Waals surface area contributed by atoms with Gasteiger partial charge in [-0.15, -0.1) is 0 Å². The van der Waals surface area contributed by atoms with Gasteiger partial charge in [-0.1, -0.05) is 0 Å². The van der Waals surface area contributed by atoms with Gasteiger partial charge in [0, 0.05) is 13.2 Å². The van der Waals surface area contributed by atoms with Crippen LogP contribution in [0.15, 0.2) is 11.2 Å². The first-order chi connectivity index (χ1) is 9.34. The van der Waals surface area contributed by atoms with E-state index in [-0.39, 0.29) is 18.2 Å². The topological polar surface area (TPSA) is 121 Å². The summed E-state index contributed by atoms with van der Waals surface area (Å²) < 4.78 is 31.4. The summed E-state index contributed by atoms with van der Waals surface area (Å²) in [5.41, 5.74) is -0.374. The predicted octanol–water partition coefficient (Wildman–Crippen LogP) is 0.591. The number of hydrogen-bond acceptors (Lipinski definition) is 5. The summed E-state index contributed by atoms with van der Waals surface area (Å²) in [6.07, 6.45) is 2.43. The van der Waals surface area contributed by atoms with Crippen molar-refractivity contribution in [1.82, 2.24) is 14.9 Å². The molecule has 114 valence electrons. The van der Waals surface area contributed by atoms with E-state index in [2.05, 4.69) is 14.9 Å². The molecular formula is C11H19N3O5S. The number of nitrogens with one attached hydrogen (secondary N) is 2. The number of rotatable bonds is 9. The zero-order chi connectivity index (χ0) is 15.2. The molecule has 0 radical (unpaired) electrons. The van der Waals surface area contributed by atoms with E-state index in [1.54, 1.807) is 0 Å². The first-order valence-electron chi connectivity index (χ1n) is 6.22. The summed E-state index contributed by atoms with van der Waals surface area (Å²) in [7, 11) is -3.89. The van der Waals surface area contributed by atoms with E-state index < -0.39 is 21.0 Å². The molecule has 9 heteroatoms. The van der Waals surface area contributed by atoms with Gasteiger partial charge in [-0.25, -0.2) is 17.9 Å². The third-order valence-electron chi connectivity index (χ3n) is 2.42. The van der Waals surface area contributed by atoms with Gasteiger partial charge >= 0.3 is 5.97 Å². The van der Waals surface area contributed by atoms with Crippen molar-refractivity contribution in [1.29, 1.82) is 0 Å². The second-order valence-electron chi connectivity index (χ2n) is 4.44. The largest absolute Gasteiger partial charge is 0.478 e. The molecule has 0 saturated carbocycles. The number of aromatic amines is 1. The molecule has 0 aliphatic rings. The number of ether oxygens (including phenoxy) is 1. The summed E-state index contributed by atoms with van der Waals surface area (Å²) in [6, 6.07) is 0. The van der Waals surface area contributed by atoms with Crippen LogP contribution in [0.5, 0.6) is 0 Å². The van der Waals surface area contributed by atoms with Gasteiger partial charge in [-0.3, -0.25) is 5.10 Å². The Labute approximate surface area is 117 Å². The molecule has 20 heavy (non-hydrogen) atoms. The number of H-pyrrole nitrogens is 1. The monoisotopic (exact) mass is 305 g/mol. The fraction of sp³-hybridized carbons (Fsp3) is 0.636. The van der Waals surface area contributed by atoms with Gasteiger partial charge in [0.1, 0.15) is 5.56 Å². The summed E-state index contributed by atoms with van der Waals surface area (Å²) in [5, 5.41) is 14.0. The first-order valence-corrected chi connectivity index (χ1v) is 7.71. The second kappa shape index (κ2) is 7.36. The molecule has 0 unspecified atom stereocenters. The Bertz CT molecular complexity index is 538. The molecule has 0 atom stereocenters. The maximum atomic E-state index is 11.9. The van der Waals surface area contributed by atoms with E-state index >= 15 is 0 Å². The lowest BCUT2D eigenvalue weighted by Gasteiger charge is -2.08. The third-order valence-corrected chi connectivity index (χ3v) is 3.85. The van der Waals surface area contributed by atoms with Crippen molar-refractivity contribution >= 4 is 16.0 Å². The molecular weight excluding hydrogens is 286 g/mol. The molecule has 0 aromatic carbocycles. The minimum atomic E-state index is -3.89. The first kappa shape index (κ1) is 16.6. The van der Waals surface area contributed by atoms with E-state index in [9.17, 15) is 13.2 Å². The fourth-order valence-electron chi connectivity index (χ4n) is 1.46. The number of unbranched alkanes of at least 4 members (excludes halogenated alkanes) is 1. The zero-order valence-corrected chi connectivity index (χ0v) is 12.2.